The van der Waals surface area contributed by atoms with Gasteiger partial charge >= 0.3 is 0 Å². The smallest absolute Gasteiger partial charge is 0.112 e. The summed E-state index contributed by atoms with van der Waals surface area (Å²) in [6, 6.07) is 5.95. The van der Waals surface area contributed by atoms with E-state index in [1.807, 2.05) is 12.1 Å². The second-order valence-electron chi connectivity index (χ2n) is 3.02. The molecule has 0 saturated heterocycles. The van der Waals surface area contributed by atoms with Crippen molar-refractivity contribution in [1.82, 2.24) is 5.32 Å². The highest BCUT2D eigenvalue weighted by atomic mass is 16.3. The first-order valence-electron chi connectivity index (χ1n) is 4.29. The van der Waals surface area contributed by atoms with Gasteiger partial charge in [0.1, 0.15) is 5.76 Å². The van der Waals surface area contributed by atoms with Gasteiger partial charge in [0, 0.05) is 12.7 Å². The highest BCUT2D eigenvalue weighted by molar-refractivity contribution is 5.33. The van der Waals surface area contributed by atoms with E-state index in [1.165, 1.54) is 0 Å². The van der Waals surface area contributed by atoms with E-state index in [2.05, 4.69) is 11.4 Å². The zero-order valence-corrected chi connectivity index (χ0v) is 7.16. The summed E-state index contributed by atoms with van der Waals surface area (Å²) in [5.74, 6) is 1.02. The van der Waals surface area contributed by atoms with Crippen molar-refractivity contribution in [2.45, 2.75) is 12.3 Å². The summed E-state index contributed by atoms with van der Waals surface area (Å²) in [6.45, 7) is 0.899. The van der Waals surface area contributed by atoms with Crippen LogP contribution in [-0.4, -0.2) is 6.54 Å². The van der Waals surface area contributed by atoms with Gasteiger partial charge in [-0.05, 0) is 18.6 Å². The summed E-state index contributed by atoms with van der Waals surface area (Å²) in [7, 11) is 0. The second kappa shape index (κ2) is 3.36. The molecular weight excluding hydrogens is 164 g/mol. The zero-order chi connectivity index (χ0) is 9.10. The maximum absolute atomic E-state index is 8.86. The Hall–Kier alpha value is -1.69. The Morgan fingerprint density at radius 3 is 3.23 bits per heavy atom. The van der Waals surface area contributed by atoms with E-state index in [1.54, 1.807) is 12.5 Å². The lowest BCUT2D eigenvalue weighted by atomic mass is 9.92. The van der Waals surface area contributed by atoms with Crippen molar-refractivity contribution in [2.75, 3.05) is 6.54 Å². The van der Waals surface area contributed by atoms with E-state index in [-0.39, 0.29) is 5.92 Å². The fraction of sp³-hybridized carbons (Fsp3) is 0.300. The van der Waals surface area contributed by atoms with Crippen LogP contribution in [0.5, 0.6) is 0 Å². The number of allylic oxidation sites excluding steroid dienone is 1. The quantitative estimate of drug-likeness (QED) is 0.705. The van der Waals surface area contributed by atoms with Gasteiger partial charge in [0.25, 0.3) is 0 Å². The number of nitriles is 1. The molecule has 0 bridgehead atoms. The molecule has 1 aromatic rings. The third-order valence-electron chi connectivity index (χ3n) is 2.23. The minimum atomic E-state index is 0.140. The molecule has 13 heavy (non-hydrogen) atoms. The lowest BCUT2D eigenvalue weighted by Gasteiger charge is -2.18. The van der Waals surface area contributed by atoms with E-state index in [0.717, 1.165) is 24.3 Å². The third kappa shape index (κ3) is 1.43. The molecule has 3 nitrogen and oxygen atoms in total. The Kier molecular flexibility index (Phi) is 2.05. The number of hydrogen-bond acceptors (Lipinski definition) is 3. The average molecular weight is 174 g/mol. The largest absolute Gasteiger partial charge is 0.469 e. The summed E-state index contributed by atoms with van der Waals surface area (Å²) < 4.78 is 5.29. The zero-order valence-electron chi connectivity index (χ0n) is 7.16. The topological polar surface area (TPSA) is 49.0 Å². The molecule has 0 radical (unpaired) electrons. The molecule has 0 spiro atoms. The van der Waals surface area contributed by atoms with E-state index >= 15 is 0 Å². The van der Waals surface area contributed by atoms with Gasteiger partial charge < -0.3 is 9.73 Å². The van der Waals surface area contributed by atoms with E-state index in [9.17, 15) is 0 Å². The Morgan fingerprint density at radius 1 is 1.62 bits per heavy atom. The molecule has 1 atom stereocenters. The molecule has 1 unspecified atom stereocenters. The number of rotatable bonds is 1. The van der Waals surface area contributed by atoms with Gasteiger partial charge in [-0.3, -0.25) is 0 Å². The highest BCUT2D eigenvalue weighted by Gasteiger charge is 2.21. The predicted octanol–water partition coefficient (Wildman–Crippen LogP) is 1.76. The molecule has 1 N–H and O–H groups in total. The number of furan rings is 1. The van der Waals surface area contributed by atoms with Crippen molar-refractivity contribution in [1.29, 1.82) is 5.26 Å². The average Bonchev–Trinajstić information content (AvgIpc) is 2.70. The van der Waals surface area contributed by atoms with Crippen molar-refractivity contribution >= 4 is 0 Å². The number of hydrogen-bond donors (Lipinski definition) is 1. The Labute approximate surface area is 76.7 Å². The molecule has 0 saturated carbocycles. The lowest BCUT2D eigenvalue weighted by Crippen LogP contribution is -2.19. The molecule has 0 fully saturated rings. The first kappa shape index (κ1) is 7.93. The van der Waals surface area contributed by atoms with Crippen LogP contribution < -0.4 is 5.32 Å². The SMILES string of the molecule is N#CC1=CNCCC1c1ccco1. The number of nitrogens with one attached hydrogen (secondary N) is 1. The van der Waals surface area contributed by atoms with Crippen LogP contribution in [0.1, 0.15) is 18.1 Å². The number of nitrogens with zero attached hydrogens (tertiary/aromatic N) is 1. The molecule has 0 aromatic carbocycles. The van der Waals surface area contributed by atoms with Gasteiger partial charge in [-0.15, -0.1) is 0 Å². The fourth-order valence-electron chi connectivity index (χ4n) is 1.56. The van der Waals surface area contributed by atoms with Crippen LogP contribution in [0.4, 0.5) is 0 Å². The summed E-state index contributed by atoms with van der Waals surface area (Å²) in [5.41, 5.74) is 0.751. The molecule has 66 valence electrons. The molecule has 2 heterocycles. The lowest BCUT2D eigenvalue weighted by molar-refractivity contribution is 0.464. The molecule has 3 heteroatoms. The summed E-state index contributed by atoms with van der Waals surface area (Å²) in [4.78, 5) is 0. The molecule has 1 aliphatic rings. The molecular formula is C10H10N2O. The first-order chi connectivity index (χ1) is 6.42. The van der Waals surface area contributed by atoms with Crippen molar-refractivity contribution < 1.29 is 4.42 Å². The van der Waals surface area contributed by atoms with Gasteiger partial charge in [0.15, 0.2) is 0 Å². The van der Waals surface area contributed by atoms with Gasteiger partial charge in [-0.25, -0.2) is 0 Å². The summed E-state index contributed by atoms with van der Waals surface area (Å²) >= 11 is 0. The normalized spacial score (nSPS) is 21.5. The van der Waals surface area contributed by atoms with Crippen LogP contribution in [0.3, 0.4) is 0 Å². The maximum atomic E-state index is 8.86. The fourth-order valence-corrected chi connectivity index (χ4v) is 1.56. The van der Waals surface area contributed by atoms with Gasteiger partial charge in [0.05, 0.1) is 23.8 Å². The van der Waals surface area contributed by atoms with Crippen molar-refractivity contribution in [3.8, 4) is 6.07 Å². The van der Waals surface area contributed by atoms with Gasteiger partial charge in [-0.2, -0.15) is 5.26 Å². The van der Waals surface area contributed by atoms with E-state index < -0.39 is 0 Å². The Morgan fingerprint density at radius 2 is 2.54 bits per heavy atom. The molecule has 0 aliphatic carbocycles. The van der Waals surface area contributed by atoms with E-state index in [4.69, 9.17) is 9.68 Å². The first-order valence-corrected chi connectivity index (χ1v) is 4.29. The monoisotopic (exact) mass is 174 g/mol. The van der Waals surface area contributed by atoms with Crippen LogP contribution in [-0.2, 0) is 0 Å². The third-order valence-corrected chi connectivity index (χ3v) is 2.23. The summed E-state index contributed by atoms with van der Waals surface area (Å²) in [6.07, 6.45) is 4.34. The van der Waals surface area contributed by atoms with Crippen LogP contribution in [0.25, 0.3) is 0 Å². The predicted molar refractivity (Wildman–Crippen MR) is 47.8 cm³/mol. The Balaban J connectivity index is 2.29. The molecule has 0 amide bonds. The van der Waals surface area contributed by atoms with Crippen molar-refractivity contribution in [2.24, 2.45) is 0 Å². The molecule has 1 aliphatic heterocycles. The Bertz CT molecular complexity index is 346. The molecule has 2 rings (SSSR count). The van der Waals surface area contributed by atoms with Crippen LogP contribution >= 0.6 is 0 Å². The van der Waals surface area contributed by atoms with Crippen LogP contribution in [0, 0.1) is 11.3 Å². The van der Waals surface area contributed by atoms with Gasteiger partial charge in [-0.1, -0.05) is 0 Å². The van der Waals surface area contributed by atoms with Crippen molar-refractivity contribution in [3.63, 3.8) is 0 Å². The van der Waals surface area contributed by atoms with Crippen LogP contribution in [0.2, 0.25) is 0 Å². The summed E-state index contributed by atoms with van der Waals surface area (Å²) in [5, 5.41) is 11.9. The maximum Gasteiger partial charge on any atom is 0.112 e. The molecule has 1 aromatic heterocycles. The van der Waals surface area contributed by atoms with Crippen molar-refractivity contribution in [3.05, 3.63) is 35.9 Å². The minimum absolute atomic E-state index is 0.140. The highest BCUT2D eigenvalue weighted by Crippen LogP contribution is 2.28. The standard InChI is InChI=1S/C10H10N2O/c11-6-8-7-12-4-3-9(8)10-2-1-5-13-10/h1-2,5,7,9,12H,3-4H2. The second-order valence-corrected chi connectivity index (χ2v) is 3.02. The van der Waals surface area contributed by atoms with Gasteiger partial charge in [0.2, 0.25) is 0 Å². The van der Waals surface area contributed by atoms with Crippen LogP contribution in [0.15, 0.2) is 34.6 Å². The van der Waals surface area contributed by atoms with E-state index in [0.29, 0.717) is 0 Å². The minimum Gasteiger partial charge on any atom is -0.469 e.